The van der Waals surface area contributed by atoms with Gasteiger partial charge in [0.1, 0.15) is 0 Å². The summed E-state index contributed by atoms with van der Waals surface area (Å²) in [6, 6.07) is 0. The molecule has 0 fully saturated rings. The fourth-order valence-electron chi connectivity index (χ4n) is 0.156. The van der Waals surface area contributed by atoms with E-state index in [4.69, 9.17) is 5.73 Å². The highest BCUT2D eigenvalue weighted by atomic mass is 32.1. The molecule has 0 heterocycles. The molecule has 0 rings (SSSR count). The molecule has 0 aromatic heterocycles. The van der Waals surface area contributed by atoms with Gasteiger partial charge in [0.15, 0.2) is 8.46 Å². The standard InChI is InChI=1S/C3H6NOPS/c4-3(7)1-2-6-5/h1-2H2,(H2,4,7). The van der Waals surface area contributed by atoms with Crippen LogP contribution in [-0.2, 0) is 4.57 Å². The third kappa shape index (κ3) is 5.99. The maximum absolute atomic E-state index is 9.69. The Hall–Kier alpha value is -0.0100. The number of hydrogen-bond donors (Lipinski definition) is 1. The monoisotopic (exact) mass is 135 g/mol. The largest absolute Gasteiger partial charge is 0.393 e. The van der Waals surface area contributed by atoms with Crippen molar-refractivity contribution in [2.24, 2.45) is 5.73 Å². The molecule has 0 atom stereocenters. The Morgan fingerprint density at radius 1 is 1.86 bits per heavy atom. The number of rotatable bonds is 3. The predicted molar refractivity (Wildman–Crippen MR) is 33.9 cm³/mol. The molecule has 0 aliphatic heterocycles. The molecule has 40 valence electrons. The number of hydrogen-bond acceptors (Lipinski definition) is 2. The van der Waals surface area contributed by atoms with Crippen LogP contribution in [-0.4, -0.2) is 11.2 Å². The summed E-state index contributed by atoms with van der Waals surface area (Å²) in [5.74, 6) is 0. The zero-order valence-corrected chi connectivity index (χ0v) is 5.47. The Bertz CT molecular complexity index is 85.0. The Balaban J connectivity index is 2.97. The SMILES string of the molecule is NC(=S)CCP=O. The van der Waals surface area contributed by atoms with Crippen molar-refractivity contribution < 1.29 is 4.57 Å². The van der Waals surface area contributed by atoms with Crippen molar-refractivity contribution >= 4 is 25.7 Å². The lowest BCUT2D eigenvalue weighted by molar-refractivity contribution is 0.598. The minimum Gasteiger partial charge on any atom is -0.393 e. The van der Waals surface area contributed by atoms with Crippen molar-refractivity contribution in [3.8, 4) is 0 Å². The van der Waals surface area contributed by atoms with E-state index in [1.807, 2.05) is 0 Å². The molecule has 0 unspecified atom stereocenters. The molecular weight excluding hydrogens is 129 g/mol. The van der Waals surface area contributed by atoms with Crippen molar-refractivity contribution in [3.05, 3.63) is 0 Å². The maximum Gasteiger partial charge on any atom is 0.155 e. The summed E-state index contributed by atoms with van der Waals surface area (Å²) in [7, 11) is 0.123. The van der Waals surface area contributed by atoms with Gasteiger partial charge in [-0.25, -0.2) is 0 Å². The van der Waals surface area contributed by atoms with E-state index in [0.29, 0.717) is 17.6 Å². The van der Waals surface area contributed by atoms with E-state index in [-0.39, 0.29) is 8.46 Å². The van der Waals surface area contributed by atoms with Crippen molar-refractivity contribution in [1.29, 1.82) is 0 Å². The van der Waals surface area contributed by atoms with E-state index in [9.17, 15) is 4.57 Å². The predicted octanol–water partition coefficient (Wildman–Crippen LogP) is 0.954. The van der Waals surface area contributed by atoms with Gasteiger partial charge in [-0.15, -0.1) is 0 Å². The van der Waals surface area contributed by atoms with Gasteiger partial charge in [0.2, 0.25) is 0 Å². The van der Waals surface area contributed by atoms with Crippen molar-refractivity contribution in [3.63, 3.8) is 0 Å². The van der Waals surface area contributed by atoms with Crippen LogP contribution >= 0.6 is 20.7 Å². The van der Waals surface area contributed by atoms with Crippen LogP contribution in [0.4, 0.5) is 0 Å². The summed E-state index contributed by atoms with van der Waals surface area (Å²) >= 11 is 4.50. The highest BCUT2D eigenvalue weighted by Crippen LogP contribution is 1.93. The lowest BCUT2D eigenvalue weighted by atomic mass is 10.5. The molecule has 0 saturated heterocycles. The summed E-state index contributed by atoms with van der Waals surface area (Å²) in [5.41, 5.74) is 5.07. The minimum atomic E-state index is 0.123. The molecule has 2 N–H and O–H groups in total. The Labute approximate surface area is 49.3 Å². The molecule has 0 bridgehead atoms. The van der Waals surface area contributed by atoms with E-state index >= 15 is 0 Å². The zero-order valence-electron chi connectivity index (χ0n) is 3.76. The molecule has 0 aromatic rings. The topological polar surface area (TPSA) is 43.1 Å². The van der Waals surface area contributed by atoms with E-state index in [1.165, 1.54) is 0 Å². The van der Waals surface area contributed by atoms with E-state index in [2.05, 4.69) is 12.2 Å². The molecule has 0 spiro atoms. The molecule has 0 radical (unpaired) electrons. The van der Waals surface area contributed by atoms with Gasteiger partial charge >= 0.3 is 0 Å². The van der Waals surface area contributed by atoms with Gasteiger partial charge < -0.3 is 5.73 Å². The molecule has 2 nitrogen and oxygen atoms in total. The lowest BCUT2D eigenvalue weighted by Crippen LogP contribution is -2.07. The molecule has 0 aliphatic carbocycles. The summed E-state index contributed by atoms with van der Waals surface area (Å²) in [5, 5.41) is 0. The van der Waals surface area contributed by atoms with Crippen LogP contribution in [0.2, 0.25) is 0 Å². The second kappa shape index (κ2) is 4.16. The fraction of sp³-hybridized carbons (Fsp3) is 0.667. The first kappa shape index (κ1) is 6.99. The minimum absolute atomic E-state index is 0.123. The Morgan fingerprint density at radius 2 is 2.43 bits per heavy atom. The molecule has 0 aliphatic rings. The van der Waals surface area contributed by atoms with Crippen molar-refractivity contribution in [2.45, 2.75) is 6.42 Å². The van der Waals surface area contributed by atoms with Gasteiger partial charge in [-0.1, -0.05) is 12.2 Å². The first-order valence-electron chi connectivity index (χ1n) is 1.85. The molecule has 0 aromatic carbocycles. The van der Waals surface area contributed by atoms with E-state index in [1.54, 1.807) is 0 Å². The average molecular weight is 135 g/mol. The highest BCUT2D eigenvalue weighted by molar-refractivity contribution is 7.80. The molecule has 7 heavy (non-hydrogen) atoms. The van der Waals surface area contributed by atoms with Gasteiger partial charge in [0, 0.05) is 12.6 Å². The first-order chi connectivity index (χ1) is 3.27. The molecule has 0 saturated carbocycles. The smallest absolute Gasteiger partial charge is 0.155 e. The number of nitrogens with two attached hydrogens (primary N) is 1. The van der Waals surface area contributed by atoms with Crippen LogP contribution < -0.4 is 5.73 Å². The second-order valence-corrected chi connectivity index (χ2v) is 2.30. The van der Waals surface area contributed by atoms with Crippen LogP contribution in [0.5, 0.6) is 0 Å². The summed E-state index contributed by atoms with van der Waals surface area (Å²) < 4.78 is 9.69. The molecule has 4 heteroatoms. The van der Waals surface area contributed by atoms with Gasteiger partial charge in [-0.05, 0) is 0 Å². The van der Waals surface area contributed by atoms with Gasteiger partial charge in [-0.3, -0.25) is 4.57 Å². The van der Waals surface area contributed by atoms with Crippen molar-refractivity contribution in [2.75, 3.05) is 6.16 Å². The van der Waals surface area contributed by atoms with Crippen LogP contribution in [0.1, 0.15) is 6.42 Å². The third-order valence-corrected chi connectivity index (χ3v) is 1.06. The third-order valence-electron chi connectivity index (χ3n) is 0.449. The van der Waals surface area contributed by atoms with Gasteiger partial charge in [0.05, 0.1) is 4.99 Å². The van der Waals surface area contributed by atoms with Gasteiger partial charge in [0.25, 0.3) is 0 Å². The van der Waals surface area contributed by atoms with E-state index in [0.717, 1.165) is 0 Å². The molecule has 0 amide bonds. The Kier molecular flexibility index (Phi) is 4.15. The van der Waals surface area contributed by atoms with E-state index < -0.39 is 0 Å². The fourth-order valence-corrected chi connectivity index (χ4v) is 0.741. The molecular formula is C3H6NOPS. The highest BCUT2D eigenvalue weighted by Gasteiger charge is 1.85. The summed E-state index contributed by atoms with van der Waals surface area (Å²) in [6.45, 7) is 0. The zero-order chi connectivity index (χ0) is 5.70. The first-order valence-corrected chi connectivity index (χ1v) is 3.25. The Morgan fingerprint density at radius 3 is 2.57 bits per heavy atom. The van der Waals surface area contributed by atoms with Crippen LogP contribution in [0.25, 0.3) is 0 Å². The van der Waals surface area contributed by atoms with Crippen LogP contribution in [0.15, 0.2) is 0 Å². The van der Waals surface area contributed by atoms with Crippen molar-refractivity contribution in [1.82, 2.24) is 0 Å². The second-order valence-electron chi connectivity index (χ2n) is 1.07. The van der Waals surface area contributed by atoms with Crippen LogP contribution in [0, 0.1) is 0 Å². The maximum atomic E-state index is 9.69. The van der Waals surface area contributed by atoms with Gasteiger partial charge in [-0.2, -0.15) is 0 Å². The quantitative estimate of drug-likeness (QED) is 0.463. The summed E-state index contributed by atoms with van der Waals surface area (Å²) in [4.78, 5) is 0.434. The lowest BCUT2D eigenvalue weighted by Gasteiger charge is -1.84. The normalized spacial score (nSPS) is 9.14. The van der Waals surface area contributed by atoms with Crippen LogP contribution in [0.3, 0.4) is 0 Å². The number of thiocarbonyl (C=S) groups is 1. The summed E-state index contributed by atoms with van der Waals surface area (Å²) in [6.07, 6.45) is 1.13. The average Bonchev–Trinajstić information content (AvgIpc) is 1.61.